The van der Waals surface area contributed by atoms with Crippen LogP contribution in [0.5, 0.6) is 0 Å². The molecule has 0 amide bonds. The molecule has 0 saturated carbocycles. The minimum absolute atomic E-state index is 0.0988. The summed E-state index contributed by atoms with van der Waals surface area (Å²) in [7, 11) is 0. The van der Waals surface area contributed by atoms with Crippen LogP contribution in [-0.4, -0.2) is 9.97 Å². The number of aromatic nitrogens is 2. The van der Waals surface area contributed by atoms with Gasteiger partial charge in [0.05, 0.1) is 17.2 Å². The number of nitrogen functional groups attached to an aromatic ring is 1. The van der Waals surface area contributed by atoms with Crippen molar-refractivity contribution in [2.45, 2.75) is 5.92 Å². The zero-order valence-electron chi connectivity index (χ0n) is 15.4. The lowest BCUT2D eigenvalue weighted by atomic mass is 9.81. The van der Waals surface area contributed by atoms with E-state index in [0.717, 1.165) is 27.3 Å². The van der Waals surface area contributed by atoms with Crippen molar-refractivity contribution < 1.29 is 0 Å². The van der Waals surface area contributed by atoms with Crippen molar-refractivity contribution in [1.29, 1.82) is 0 Å². The monoisotopic (exact) mass is 398 g/mol. The number of nitrogens with one attached hydrogen (secondary N) is 2. The molecule has 0 aliphatic carbocycles. The maximum Gasteiger partial charge on any atom is 0.258 e. The van der Waals surface area contributed by atoms with Crippen molar-refractivity contribution >= 4 is 34.4 Å². The number of H-pyrrole nitrogens is 1. The van der Waals surface area contributed by atoms with Crippen LogP contribution >= 0.6 is 11.3 Å². The van der Waals surface area contributed by atoms with Crippen LogP contribution in [0, 0.1) is 0 Å². The van der Waals surface area contributed by atoms with E-state index in [-0.39, 0.29) is 17.4 Å². The number of nitrogens with zero attached hydrogens (tertiary/aromatic N) is 1. The average molecular weight is 398 g/mol. The summed E-state index contributed by atoms with van der Waals surface area (Å²) in [6, 6.07) is 24.3. The number of hydrogen-bond acceptors (Lipinski definition) is 5. The van der Waals surface area contributed by atoms with Crippen molar-refractivity contribution in [3.63, 3.8) is 0 Å². The molecule has 4 N–H and O–H groups in total. The topological polar surface area (TPSA) is 83.8 Å². The molecule has 4 aromatic rings. The number of allylic oxidation sites excluding steroid dienone is 1. The minimum atomic E-state index is -0.249. The van der Waals surface area contributed by atoms with Crippen molar-refractivity contribution in [1.82, 2.24) is 9.97 Å². The molecule has 6 heteroatoms. The summed E-state index contributed by atoms with van der Waals surface area (Å²) in [5.74, 6) is 0.352. The van der Waals surface area contributed by atoms with E-state index in [0.29, 0.717) is 11.4 Å². The standard InChI is InChI=1S/C23H18N4OS/c24-23-26-21-19(22(28)27-23)18(16-12-7-13-29-16)17(14-8-3-1-4-9-14)20(25-21)15-10-5-2-6-11-15/h1-13,18H,(H4,24,25,26,27,28). The van der Waals surface area contributed by atoms with Gasteiger partial charge in [0.2, 0.25) is 5.95 Å². The van der Waals surface area contributed by atoms with Crippen LogP contribution in [0.3, 0.4) is 0 Å². The fourth-order valence-electron chi connectivity index (χ4n) is 3.84. The van der Waals surface area contributed by atoms with Gasteiger partial charge in [0.25, 0.3) is 5.56 Å². The summed E-state index contributed by atoms with van der Waals surface area (Å²) in [5.41, 5.74) is 10.3. The summed E-state index contributed by atoms with van der Waals surface area (Å²) < 4.78 is 0. The normalized spacial score (nSPS) is 15.7. The van der Waals surface area contributed by atoms with Gasteiger partial charge in [-0.25, -0.2) is 0 Å². The molecule has 1 aliphatic heterocycles. The first-order valence-corrected chi connectivity index (χ1v) is 10.2. The molecule has 0 saturated heterocycles. The van der Waals surface area contributed by atoms with Gasteiger partial charge >= 0.3 is 0 Å². The Hall–Kier alpha value is -3.64. The first kappa shape index (κ1) is 17.5. The fraction of sp³-hybridized carbons (Fsp3) is 0.0435. The molecule has 29 heavy (non-hydrogen) atoms. The van der Waals surface area contributed by atoms with E-state index in [1.807, 2.05) is 47.8 Å². The smallest absolute Gasteiger partial charge is 0.258 e. The predicted molar refractivity (Wildman–Crippen MR) is 119 cm³/mol. The molecular weight excluding hydrogens is 380 g/mol. The molecule has 0 spiro atoms. The number of rotatable bonds is 3. The lowest BCUT2D eigenvalue weighted by Gasteiger charge is -2.31. The predicted octanol–water partition coefficient (Wildman–Crippen LogP) is 4.54. The Labute approximate surface area is 171 Å². The number of fused-ring (bicyclic) bond motifs is 1. The summed E-state index contributed by atoms with van der Waals surface area (Å²) in [6.07, 6.45) is 0. The Bertz CT molecular complexity index is 1250. The van der Waals surface area contributed by atoms with E-state index < -0.39 is 0 Å². The number of thiophene rings is 1. The highest BCUT2D eigenvalue weighted by Gasteiger charge is 2.34. The molecule has 2 aromatic heterocycles. The van der Waals surface area contributed by atoms with Crippen LogP contribution in [0.2, 0.25) is 0 Å². The van der Waals surface area contributed by atoms with Crippen LogP contribution in [0.1, 0.15) is 27.5 Å². The Balaban J connectivity index is 1.87. The number of benzene rings is 2. The molecule has 0 bridgehead atoms. The third-order valence-electron chi connectivity index (χ3n) is 5.04. The van der Waals surface area contributed by atoms with E-state index in [1.165, 1.54) is 0 Å². The van der Waals surface area contributed by atoms with Crippen LogP contribution in [0.15, 0.2) is 83.0 Å². The van der Waals surface area contributed by atoms with Crippen molar-refractivity contribution in [2.24, 2.45) is 0 Å². The SMILES string of the molecule is Nc1nc2c(c(=O)[nH]1)C(c1cccs1)C(c1ccccc1)=C(c1ccccc1)N2. The number of aromatic amines is 1. The van der Waals surface area contributed by atoms with Gasteiger partial charge in [0.15, 0.2) is 0 Å². The van der Waals surface area contributed by atoms with Gasteiger partial charge in [-0.3, -0.25) is 9.78 Å². The van der Waals surface area contributed by atoms with Crippen LogP contribution in [0.4, 0.5) is 11.8 Å². The molecular formula is C23H18N4OS. The van der Waals surface area contributed by atoms with E-state index in [4.69, 9.17) is 5.73 Å². The van der Waals surface area contributed by atoms with Gasteiger partial charge in [-0.15, -0.1) is 11.3 Å². The van der Waals surface area contributed by atoms with Gasteiger partial charge in [-0.2, -0.15) is 4.98 Å². The molecule has 1 atom stereocenters. The first-order chi connectivity index (χ1) is 14.2. The summed E-state index contributed by atoms with van der Waals surface area (Å²) in [4.78, 5) is 21.1. The van der Waals surface area contributed by atoms with Crippen LogP contribution in [0.25, 0.3) is 11.3 Å². The number of hydrogen-bond donors (Lipinski definition) is 3. The van der Waals surface area contributed by atoms with Gasteiger partial charge in [-0.05, 0) is 28.1 Å². The molecule has 1 unspecified atom stereocenters. The molecule has 3 heterocycles. The molecule has 1 aliphatic rings. The summed E-state index contributed by atoms with van der Waals surface area (Å²) in [5, 5.41) is 5.44. The van der Waals surface area contributed by atoms with Crippen molar-refractivity contribution in [3.05, 3.63) is 110 Å². The second-order valence-corrected chi connectivity index (χ2v) is 7.79. The summed E-state index contributed by atoms with van der Waals surface area (Å²) >= 11 is 1.63. The van der Waals surface area contributed by atoms with E-state index >= 15 is 0 Å². The maximum atomic E-state index is 13.0. The lowest BCUT2D eigenvalue weighted by Crippen LogP contribution is -2.27. The Kier molecular flexibility index (Phi) is 4.26. The van der Waals surface area contributed by atoms with Crippen LogP contribution in [-0.2, 0) is 0 Å². The van der Waals surface area contributed by atoms with E-state index in [1.54, 1.807) is 11.3 Å². The van der Waals surface area contributed by atoms with E-state index in [2.05, 4.69) is 45.6 Å². The highest BCUT2D eigenvalue weighted by atomic mass is 32.1. The van der Waals surface area contributed by atoms with E-state index in [9.17, 15) is 4.79 Å². The molecule has 5 rings (SSSR count). The molecule has 0 fully saturated rings. The third kappa shape index (κ3) is 3.03. The minimum Gasteiger partial charge on any atom is -0.369 e. The van der Waals surface area contributed by atoms with Gasteiger partial charge in [0.1, 0.15) is 5.82 Å². The Morgan fingerprint density at radius 3 is 2.24 bits per heavy atom. The van der Waals surface area contributed by atoms with Crippen molar-refractivity contribution in [2.75, 3.05) is 11.1 Å². The van der Waals surface area contributed by atoms with Crippen LogP contribution < -0.4 is 16.6 Å². The van der Waals surface area contributed by atoms with Crippen molar-refractivity contribution in [3.8, 4) is 0 Å². The zero-order valence-corrected chi connectivity index (χ0v) is 16.2. The maximum absolute atomic E-state index is 13.0. The van der Waals surface area contributed by atoms with Gasteiger partial charge in [-0.1, -0.05) is 66.7 Å². The van der Waals surface area contributed by atoms with Gasteiger partial charge < -0.3 is 11.1 Å². The highest BCUT2D eigenvalue weighted by molar-refractivity contribution is 7.10. The quantitative estimate of drug-likeness (QED) is 0.473. The molecule has 0 radical (unpaired) electrons. The first-order valence-electron chi connectivity index (χ1n) is 9.27. The lowest BCUT2D eigenvalue weighted by molar-refractivity contribution is 0.976. The summed E-state index contributed by atoms with van der Waals surface area (Å²) in [6.45, 7) is 0. The molecule has 142 valence electrons. The third-order valence-corrected chi connectivity index (χ3v) is 5.98. The average Bonchev–Trinajstić information content (AvgIpc) is 3.28. The highest BCUT2D eigenvalue weighted by Crippen LogP contribution is 2.47. The fourth-order valence-corrected chi connectivity index (χ4v) is 4.68. The second-order valence-electron chi connectivity index (χ2n) is 6.81. The largest absolute Gasteiger partial charge is 0.369 e. The number of anilines is 2. The number of nitrogens with two attached hydrogens (primary N) is 1. The second kappa shape index (κ2) is 7.07. The van der Waals surface area contributed by atoms with Gasteiger partial charge in [0, 0.05) is 4.88 Å². The molecule has 5 nitrogen and oxygen atoms in total. The Morgan fingerprint density at radius 2 is 1.59 bits per heavy atom. The Morgan fingerprint density at radius 1 is 0.897 bits per heavy atom. The zero-order chi connectivity index (χ0) is 19.8. The molecule has 2 aromatic carbocycles.